The van der Waals surface area contributed by atoms with Crippen molar-refractivity contribution in [1.29, 1.82) is 0 Å². The highest BCUT2D eigenvalue weighted by atomic mass is 19.1. The van der Waals surface area contributed by atoms with Gasteiger partial charge in [-0.2, -0.15) is 0 Å². The van der Waals surface area contributed by atoms with Gasteiger partial charge in [0.25, 0.3) is 5.91 Å². The summed E-state index contributed by atoms with van der Waals surface area (Å²) < 4.78 is 30.6. The number of methoxy groups -OCH3 is 2. The number of amides is 1. The molecule has 1 fully saturated rings. The lowest BCUT2D eigenvalue weighted by Crippen LogP contribution is -2.39. The van der Waals surface area contributed by atoms with Crippen LogP contribution in [0, 0.1) is 5.82 Å². The third-order valence-corrected chi connectivity index (χ3v) is 5.24. The molecule has 30 heavy (non-hydrogen) atoms. The smallest absolute Gasteiger partial charge is 0.257 e. The average Bonchev–Trinajstić information content (AvgIpc) is 2.78. The van der Waals surface area contributed by atoms with Gasteiger partial charge in [0.2, 0.25) is 0 Å². The number of hydrogen-bond donors (Lipinski definition) is 0. The maximum absolute atomic E-state index is 14.3. The molecule has 2 aromatic rings. The molecule has 0 saturated carbocycles. The van der Waals surface area contributed by atoms with Crippen molar-refractivity contribution in [3.63, 3.8) is 0 Å². The predicted octanol–water partition coefficient (Wildman–Crippen LogP) is 3.21. The summed E-state index contributed by atoms with van der Waals surface area (Å²) in [6.07, 6.45) is 0.784. The number of hydrogen-bond acceptors (Lipinski definition) is 5. The number of halogens is 1. The highest BCUT2D eigenvalue weighted by molar-refractivity contribution is 5.94. The monoisotopic (exact) mass is 416 g/mol. The summed E-state index contributed by atoms with van der Waals surface area (Å²) in [6.45, 7) is 4.93. The lowest BCUT2D eigenvalue weighted by Gasteiger charge is -2.29. The molecule has 6 nitrogen and oxygen atoms in total. The molecule has 1 heterocycles. The largest absolute Gasteiger partial charge is 0.493 e. The van der Waals surface area contributed by atoms with Gasteiger partial charge in [-0.1, -0.05) is 24.3 Å². The summed E-state index contributed by atoms with van der Waals surface area (Å²) in [5.74, 6) is 0.333. The number of carbonyl (C=O) groups is 1. The van der Waals surface area contributed by atoms with Crippen molar-refractivity contribution in [3.05, 3.63) is 59.4 Å². The van der Waals surface area contributed by atoms with Crippen LogP contribution < -0.4 is 9.47 Å². The third-order valence-electron chi connectivity index (χ3n) is 5.24. The second-order valence-electron chi connectivity index (χ2n) is 7.17. The SMILES string of the molecule is COc1cccc(CN(CCCN2CCOCC2)C(=O)c2ccccc2F)c1OC. The van der Waals surface area contributed by atoms with Gasteiger partial charge in [-0.25, -0.2) is 4.39 Å². The molecule has 0 radical (unpaired) electrons. The molecule has 0 bridgehead atoms. The second kappa shape index (κ2) is 10.9. The van der Waals surface area contributed by atoms with E-state index in [4.69, 9.17) is 14.2 Å². The fourth-order valence-electron chi connectivity index (χ4n) is 3.65. The van der Waals surface area contributed by atoms with Gasteiger partial charge in [0.1, 0.15) is 5.82 Å². The zero-order chi connectivity index (χ0) is 21.3. The number of rotatable bonds is 9. The van der Waals surface area contributed by atoms with Crippen LogP contribution in [-0.2, 0) is 11.3 Å². The molecule has 7 heteroatoms. The van der Waals surface area contributed by atoms with E-state index in [1.165, 1.54) is 12.1 Å². The Hall–Kier alpha value is -2.64. The van der Waals surface area contributed by atoms with Crippen LogP contribution in [0.3, 0.4) is 0 Å². The van der Waals surface area contributed by atoms with Crippen LogP contribution >= 0.6 is 0 Å². The van der Waals surface area contributed by atoms with E-state index in [9.17, 15) is 9.18 Å². The maximum Gasteiger partial charge on any atom is 0.257 e. The van der Waals surface area contributed by atoms with Crippen LogP contribution in [0.5, 0.6) is 11.5 Å². The Labute approximate surface area is 177 Å². The van der Waals surface area contributed by atoms with Gasteiger partial charge >= 0.3 is 0 Å². The minimum Gasteiger partial charge on any atom is -0.493 e. The van der Waals surface area contributed by atoms with Gasteiger partial charge < -0.3 is 19.1 Å². The Morgan fingerprint density at radius 2 is 1.87 bits per heavy atom. The highest BCUT2D eigenvalue weighted by Crippen LogP contribution is 2.32. The van der Waals surface area contributed by atoms with Crippen LogP contribution in [0.2, 0.25) is 0 Å². The van der Waals surface area contributed by atoms with E-state index in [0.717, 1.165) is 44.8 Å². The topological polar surface area (TPSA) is 51.2 Å². The van der Waals surface area contributed by atoms with Crippen LogP contribution in [0.15, 0.2) is 42.5 Å². The normalized spacial score (nSPS) is 14.4. The summed E-state index contributed by atoms with van der Waals surface area (Å²) in [4.78, 5) is 17.2. The molecule has 1 aliphatic rings. The maximum atomic E-state index is 14.3. The number of benzene rings is 2. The minimum atomic E-state index is -0.515. The second-order valence-corrected chi connectivity index (χ2v) is 7.17. The summed E-state index contributed by atoms with van der Waals surface area (Å²) in [6, 6.07) is 11.7. The lowest BCUT2D eigenvalue weighted by molar-refractivity contribution is 0.0355. The fourth-order valence-corrected chi connectivity index (χ4v) is 3.65. The molecule has 0 N–H and O–H groups in total. The summed E-state index contributed by atoms with van der Waals surface area (Å²) in [5, 5.41) is 0. The zero-order valence-electron chi connectivity index (χ0n) is 17.6. The first-order valence-corrected chi connectivity index (χ1v) is 10.2. The number of nitrogens with zero attached hydrogens (tertiary/aromatic N) is 2. The van der Waals surface area contributed by atoms with E-state index < -0.39 is 5.82 Å². The average molecular weight is 416 g/mol. The first kappa shape index (κ1) is 22.1. The van der Waals surface area contributed by atoms with Crippen molar-refractivity contribution in [2.45, 2.75) is 13.0 Å². The van der Waals surface area contributed by atoms with Gasteiger partial charge in [0, 0.05) is 38.3 Å². The molecule has 0 aromatic heterocycles. The summed E-state index contributed by atoms with van der Waals surface area (Å²) >= 11 is 0. The number of para-hydroxylation sites is 1. The molecule has 0 aliphatic carbocycles. The molecule has 162 valence electrons. The van der Waals surface area contributed by atoms with E-state index in [-0.39, 0.29) is 11.5 Å². The number of morpholine rings is 1. The van der Waals surface area contributed by atoms with Crippen molar-refractivity contribution in [2.75, 3.05) is 53.6 Å². The Balaban J connectivity index is 1.78. The van der Waals surface area contributed by atoms with Crippen molar-refractivity contribution in [3.8, 4) is 11.5 Å². The van der Waals surface area contributed by atoms with Gasteiger partial charge in [-0.15, -0.1) is 0 Å². The van der Waals surface area contributed by atoms with Crippen LogP contribution in [0.25, 0.3) is 0 Å². The molecule has 1 amide bonds. The van der Waals surface area contributed by atoms with Crippen LogP contribution in [0.4, 0.5) is 4.39 Å². The molecular weight excluding hydrogens is 387 g/mol. The van der Waals surface area contributed by atoms with Crippen LogP contribution in [-0.4, -0.2) is 69.3 Å². The Morgan fingerprint density at radius 3 is 2.57 bits per heavy atom. The van der Waals surface area contributed by atoms with E-state index >= 15 is 0 Å². The molecule has 1 saturated heterocycles. The van der Waals surface area contributed by atoms with E-state index in [1.54, 1.807) is 31.3 Å². The predicted molar refractivity (Wildman–Crippen MR) is 113 cm³/mol. The molecule has 0 atom stereocenters. The molecule has 0 spiro atoms. The van der Waals surface area contributed by atoms with E-state index in [1.807, 2.05) is 18.2 Å². The molecule has 3 rings (SSSR count). The number of ether oxygens (including phenoxy) is 3. The molecule has 0 unspecified atom stereocenters. The quantitative estimate of drug-likeness (QED) is 0.628. The van der Waals surface area contributed by atoms with E-state index in [2.05, 4.69) is 4.90 Å². The summed E-state index contributed by atoms with van der Waals surface area (Å²) in [7, 11) is 3.15. The van der Waals surface area contributed by atoms with Crippen molar-refractivity contribution in [1.82, 2.24) is 9.80 Å². The molecule has 2 aromatic carbocycles. The Kier molecular flexibility index (Phi) is 8.04. The minimum absolute atomic E-state index is 0.0748. The first-order chi connectivity index (χ1) is 14.6. The van der Waals surface area contributed by atoms with Gasteiger partial charge in [0.05, 0.1) is 33.0 Å². The molecule has 1 aliphatic heterocycles. The van der Waals surface area contributed by atoms with Crippen LogP contribution in [0.1, 0.15) is 22.3 Å². The van der Waals surface area contributed by atoms with Crippen molar-refractivity contribution in [2.24, 2.45) is 0 Å². The standard InChI is InChI=1S/C23H29FN2O4/c1-28-21-10-5-7-18(22(21)29-2)17-26(12-6-11-25-13-15-30-16-14-25)23(27)19-8-3-4-9-20(19)24/h3-5,7-10H,6,11-17H2,1-2H3. The number of carbonyl (C=O) groups excluding carboxylic acids is 1. The van der Waals surface area contributed by atoms with Gasteiger partial charge in [-0.3, -0.25) is 9.69 Å². The first-order valence-electron chi connectivity index (χ1n) is 10.2. The highest BCUT2D eigenvalue weighted by Gasteiger charge is 2.22. The summed E-state index contributed by atoms with van der Waals surface area (Å²) in [5.41, 5.74) is 0.888. The van der Waals surface area contributed by atoms with Gasteiger partial charge in [0.15, 0.2) is 11.5 Å². The molecular formula is C23H29FN2O4. The van der Waals surface area contributed by atoms with Crippen molar-refractivity contribution >= 4 is 5.91 Å². The Bertz CT molecular complexity index is 840. The zero-order valence-corrected chi connectivity index (χ0v) is 17.6. The third kappa shape index (κ3) is 5.49. The van der Waals surface area contributed by atoms with E-state index in [0.29, 0.717) is 24.6 Å². The Morgan fingerprint density at radius 1 is 1.10 bits per heavy atom. The lowest BCUT2D eigenvalue weighted by atomic mass is 10.1. The van der Waals surface area contributed by atoms with Gasteiger partial charge in [-0.05, 0) is 24.6 Å². The fraction of sp³-hybridized carbons (Fsp3) is 0.435. The van der Waals surface area contributed by atoms with Crippen molar-refractivity contribution < 1.29 is 23.4 Å².